The first kappa shape index (κ1) is 13.7. The van der Waals surface area contributed by atoms with Gasteiger partial charge in [0.15, 0.2) is 0 Å². The molecule has 110 valence electrons. The zero-order chi connectivity index (χ0) is 14.7. The Bertz CT molecular complexity index is 594. The molecule has 0 atom stereocenters. The Morgan fingerprint density at radius 3 is 2.57 bits per heavy atom. The van der Waals surface area contributed by atoms with E-state index in [4.69, 9.17) is 0 Å². The zero-order valence-corrected chi connectivity index (χ0v) is 11.8. The van der Waals surface area contributed by atoms with E-state index in [2.05, 4.69) is 9.88 Å². The maximum Gasteiger partial charge on any atom is 0.270 e. The van der Waals surface area contributed by atoms with Crippen LogP contribution in [0.25, 0.3) is 0 Å². The van der Waals surface area contributed by atoms with E-state index in [1.54, 1.807) is 24.4 Å². The summed E-state index contributed by atoms with van der Waals surface area (Å²) in [5.74, 6) is -0.182. The molecule has 1 aromatic heterocycles. The number of rotatable bonds is 2. The lowest BCUT2D eigenvalue weighted by atomic mass is 10.2. The van der Waals surface area contributed by atoms with Gasteiger partial charge in [0.1, 0.15) is 11.5 Å². The van der Waals surface area contributed by atoms with Gasteiger partial charge in [0.05, 0.1) is 0 Å². The number of benzene rings is 1. The molecular weight excluding hydrogens is 269 g/mol. The van der Waals surface area contributed by atoms with Gasteiger partial charge >= 0.3 is 0 Å². The molecule has 0 spiro atoms. The number of hydrogen-bond donors (Lipinski definition) is 1. The lowest BCUT2D eigenvalue weighted by Crippen LogP contribution is -2.35. The molecule has 5 heteroatoms. The lowest BCUT2D eigenvalue weighted by Gasteiger charge is -2.23. The molecule has 1 amide bonds. The number of carbonyl (C=O) groups excluding carboxylic acids is 1. The summed E-state index contributed by atoms with van der Waals surface area (Å²) in [6, 6.07) is 10.2. The van der Waals surface area contributed by atoms with Gasteiger partial charge in [0.25, 0.3) is 5.91 Å². The molecule has 1 aliphatic heterocycles. The van der Waals surface area contributed by atoms with Gasteiger partial charge in [-0.25, -0.2) is 4.39 Å². The highest BCUT2D eigenvalue weighted by Crippen LogP contribution is 2.17. The number of nitrogens with one attached hydrogen (secondary N) is 1. The zero-order valence-electron chi connectivity index (χ0n) is 11.8. The van der Waals surface area contributed by atoms with E-state index in [0.29, 0.717) is 12.2 Å². The van der Waals surface area contributed by atoms with E-state index in [-0.39, 0.29) is 11.7 Å². The van der Waals surface area contributed by atoms with Crippen molar-refractivity contribution < 1.29 is 9.18 Å². The van der Waals surface area contributed by atoms with Crippen molar-refractivity contribution >= 4 is 11.6 Å². The first-order chi connectivity index (χ1) is 10.2. The predicted molar refractivity (Wildman–Crippen MR) is 79.9 cm³/mol. The molecule has 1 aliphatic rings. The van der Waals surface area contributed by atoms with E-state index < -0.39 is 0 Å². The number of H-pyrrole nitrogens is 1. The van der Waals surface area contributed by atoms with E-state index in [0.717, 1.165) is 31.7 Å². The third-order valence-corrected chi connectivity index (χ3v) is 3.80. The summed E-state index contributed by atoms with van der Waals surface area (Å²) in [7, 11) is 0. The molecule has 0 unspecified atom stereocenters. The molecule has 3 rings (SSSR count). The Morgan fingerprint density at radius 2 is 1.86 bits per heavy atom. The van der Waals surface area contributed by atoms with Crippen LogP contribution in [0.3, 0.4) is 0 Å². The van der Waals surface area contributed by atoms with Crippen molar-refractivity contribution in [3.63, 3.8) is 0 Å². The second-order valence-corrected chi connectivity index (χ2v) is 5.19. The van der Waals surface area contributed by atoms with Crippen molar-refractivity contribution in [3.05, 3.63) is 54.1 Å². The summed E-state index contributed by atoms with van der Waals surface area (Å²) in [6.07, 6.45) is 2.67. The monoisotopic (exact) mass is 287 g/mol. The van der Waals surface area contributed by atoms with Gasteiger partial charge < -0.3 is 14.8 Å². The van der Waals surface area contributed by atoms with Crippen LogP contribution in [0.4, 0.5) is 10.1 Å². The van der Waals surface area contributed by atoms with Crippen LogP contribution in [-0.4, -0.2) is 42.0 Å². The van der Waals surface area contributed by atoms with E-state index in [1.165, 1.54) is 12.1 Å². The SMILES string of the molecule is O=C(c1ccc[nH]1)N1CCCN(c2ccc(F)cc2)CC1. The quantitative estimate of drug-likeness (QED) is 0.922. The van der Waals surface area contributed by atoms with Crippen LogP contribution in [0.1, 0.15) is 16.9 Å². The van der Waals surface area contributed by atoms with Gasteiger partial charge in [0, 0.05) is 38.1 Å². The van der Waals surface area contributed by atoms with Crippen LogP contribution < -0.4 is 4.90 Å². The molecule has 2 heterocycles. The molecule has 0 saturated carbocycles. The fourth-order valence-corrected chi connectivity index (χ4v) is 2.66. The lowest BCUT2D eigenvalue weighted by molar-refractivity contribution is 0.0762. The van der Waals surface area contributed by atoms with Crippen molar-refractivity contribution in [2.24, 2.45) is 0 Å². The maximum atomic E-state index is 13.0. The van der Waals surface area contributed by atoms with Crippen LogP contribution >= 0.6 is 0 Å². The Morgan fingerprint density at radius 1 is 1.05 bits per heavy atom. The fourth-order valence-electron chi connectivity index (χ4n) is 2.66. The second kappa shape index (κ2) is 5.99. The molecule has 21 heavy (non-hydrogen) atoms. The van der Waals surface area contributed by atoms with Gasteiger partial charge in [-0.05, 0) is 42.8 Å². The van der Waals surface area contributed by atoms with Crippen LogP contribution in [0, 0.1) is 5.82 Å². The van der Waals surface area contributed by atoms with Crippen molar-refractivity contribution in [1.29, 1.82) is 0 Å². The standard InChI is InChI=1S/C16H18FN3O/c17-13-4-6-14(7-5-13)19-9-2-10-20(12-11-19)16(21)15-3-1-8-18-15/h1,3-8,18H,2,9-12H2. The number of nitrogens with zero attached hydrogens (tertiary/aromatic N) is 2. The molecule has 0 radical (unpaired) electrons. The summed E-state index contributed by atoms with van der Waals surface area (Å²) in [4.78, 5) is 19.4. The number of hydrogen-bond acceptors (Lipinski definition) is 2. The molecule has 1 aromatic carbocycles. The average Bonchev–Trinajstić information content (AvgIpc) is 2.92. The summed E-state index contributed by atoms with van der Waals surface area (Å²) in [5, 5.41) is 0. The first-order valence-electron chi connectivity index (χ1n) is 7.17. The number of halogens is 1. The van der Waals surface area contributed by atoms with Gasteiger partial charge in [-0.2, -0.15) is 0 Å². The predicted octanol–water partition coefficient (Wildman–Crippen LogP) is 2.51. The summed E-state index contributed by atoms with van der Waals surface area (Å²) >= 11 is 0. The molecule has 0 aliphatic carbocycles. The Balaban J connectivity index is 1.66. The minimum Gasteiger partial charge on any atom is -0.370 e. The largest absolute Gasteiger partial charge is 0.370 e. The molecule has 1 fully saturated rings. The number of aromatic amines is 1. The van der Waals surface area contributed by atoms with Crippen molar-refractivity contribution in [3.8, 4) is 0 Å². The van der Waals surface area contributed by atoms with Crippen LogP contribution in [0.2, 0.25) is 0 Å². The smallest absolute Gasteiger partial charge is 0.270 e. The van der Waals surface area contributed by atoms with Crippen LogP contribution in [-0.2, 0) is 0 Å². The number of aromatic nitrogens is 1. The Labute approximate surface area is 123 Å². The van der Waals surface area contributed by atoms with Crippen molar-refractivity contribution in [2.45, 2.75) is 6.42 Å². The van der Waals surface area contributed by atoms with E-state index >= 15 is 0 Å². The van der Waals surface area contributed by atoms with Gasteiger partial charge in [-0.3, -0.25) is 4.79 Å². The molecule has 2 aromatic rings. The van der Waals surface area contributed by atoms with Gasteiger partial charge in [0.2, 0.25) is 0 Å². The normalized spacial score (nSPS) is 15.9. The topological polar surface area (TPSA) is 39.3 Å². The second-order valence-electron chi connectivity index (χ2n) is 5.19. The number of carbonyl (C=O) groups is 1. The minimum absolute atomic E-state index is 0.0426. The number of anilines is 1. The summed E-state index contributed by atoms with van der Waals surface area (Å²) in [6.45, 7) is 3.06. The average molecular weight is 287 g/mol. The Hall–Kier alpha value is -2.30. The highest BCUT2D eigenvalue weighted by Gasteiger charge is 2.20. The Kier molecular flexibility index (Phi) is 3.90. The van der Waals surface area contributed by atoms with Crippen molar-refractivity contribution in [1.82, 2.24) is 9.88 Å². The highest BCUT2D eigenvalue weighted by molar-refractivity contribution is 5.92. The highest BCUT2D eigenvalue weighted by atomic mass is 19.1. The molecule has 0 bridgehead atoms. The number of amides is 1. The third-order valence-electron chi connectivity index (χ3n) is 3.80. The van der Waals surface area contributed by atoms with Gasteiger partial charge in [-0.15, -0.1) is 0 Å². The first-order valence-corrected chi connectivity index (χ1v) is 7.17. The fraction of sp³-hybridized carbons (Fsp3) is 0.312. The third kappa shape index (κ3) is 3.07. The van der Waals surface area contributed by atoms with Crippen LogP contribution in [0.15, 0.2) is 42.6 Å². The molecular formula is C16H18FN3O. The minimum atomic E-state index is -0.225. The molecule has 1 N–H and O–H groups in total. The summed E-state index contributed by atoms with van der Waals surface area (Å²) < 4.78 is 13.0. The molecule has 1 saturated heterocycles. The summed E-state index contributed by atoms with van der Waals surface area (Å²) in [5.41, 5.74) is 1.64. The van der Waals surface area contributed by atoms with Crippen LogP contribution in [0.5, 0.6) is 0 Å². The maximum absolute atomic E-state index is 13.0. The van der Waals surface area contributed by atoms with E-state index in [9.17, 15) is 9.18 Å². The van der Waals surface area contributed by atoms with Crippen molar-refractivity contribution in [2.75, 3.05) is 31.1 Å². The molecule has 4 nitrogen and oxygen atoms in total. The van der Waals surface area contributed by atoms with Gasteiger partial charge in [-0.1, -0.05) is 0 Å². The van der Waals surface area contributed by atoms with E-state index in [1.807, 2.05) is 11.0 Å².